The van der Waals surface area contributed by atoms with E-state index in [9.17, 15) is 18.3 Å². The molecule has 1 amide bonds. The first-order valence-electron chi connectivity index (χ1n) is 8.34. The van der Waals surface area contributed by atoms with Crippen molar-refractivity contribution < 1.29 is 22.5 Å². The summed E-state index contributed by atoms with van der Waals surface area (Å²) in [5.41, 5.74) is 0.995. The first-order valence-corrected chi connectivity index (χ1v) is 9.75. The van der Waals surface area contributed by atoms with Gasteiger partial charge in [-0.3, -0.25) is 4.18 Å². The third-order valence-electron chi connectivity index (χ3n) is 5.13. The third kappa shape index (κ3) is 3.57. The van der Waals surface area contributed by atoms with Crippen LogP contribution in [0.4, 0.5) is 4.79 Å². The number of amides is 1. The Morgan fingerprint density at radius 1 is 1.21 bits per heavy atom. The molecule has 24 heavy (non-hydrogen) atoms. The van der Waals surface area contributed by atoms with E-state index in [4.69, 9.17) is 4.18 Å². The Kier molecular flexibility index (Phi) is 4.83. The van der Waals surface area contributed by atoms with Crippen LogP contribution in [0.25, 0.3) is 0 Å². The summed E-state index contributed by atoms with van der Waals surface area (Å²) in [5, 5.41) is 9.26. The number of fused-ring (bicyclic) bond motifs is 2. The number of carboxylic acid groups (broad SMARTS) is 1. The lowest BCUT2D eigenvalue weighted by molar-refractivity contribution is 0.0799. The van der Waals surface area contributed by atoms with Gasteiger partial charge in [0.1, 0.15) is 0 Å². The molecular weight excluding hydrogens is 330 g/mol. The van der Waals surface area contributed by atoms with Crippen LogP contribution in [0.15, 0.2) is 29.2 Å². The van der Waals surface area contributed by atoms with Gasteiger partial charge in [0.05, 0.1) is 11.5 Å². The fraction of sp³-hybridized carbons (Fsp3) is 0.588. The van der Waals surface area contributed by atoms with Crippen LogP contribution in [0.5, 0.6) is 0 Å². The number of benzene rings is 1. The van der Waals surface area contributed by atoms with Crippen molar-refractivity contribution in [1.82, 2.24) is 4.90 Å². The second-order valence-electron chi connectivity index (χ2n) is 6.79. The highest BCUT2D eigenvalue weighted by Gasteiger charge is 2.43. The molecule has 2 fully saturated rings. The maximum atomic E-state index is 12.2. The summed E-state index contributed by atoms with van der Waals surface area (Å²) in [7, 11) is -3.72. The van der Waals surface area contributed by atoms with E-state index in [1.807, 2.05) is 6.92 Å². The monoisotopic (exact) mass is 353 g/mol. The number of piperidine rings is 1. The number of carbonyl (C=O) groups is 1. The van der Waals surface area contributed by atoms with E-state index in [1.54, 1.807) is 29.2 Å². The number of aryl methyl sites for hydroxylation is 1. The van der Waals surface area contributed by atoms with E-state index >= 15 is 0 Å². The Bertz CT molecular complexity index is 686. The summed E-state index contributed by atoms with van der Waals surface area (Å²) in [5.74, 6) is 0.325. The molecule has 0 radical (unpaired) electrons. The van der Waals surface area contributed by atoms with Crippen molar-refractivity contribution in [2.24, 2.45) is 5.92 Å². The van der Waals surface area contributed by atoms with E-state index in [1.165, 1.54) is 0 Å². The molecular formula is C17H23NO5S. The van der Waals surface area contributed by atoms with Crippen LogP contribution in [-0.2, 0) is 14.3 Å². The predicted octanol–water partition coefficient (Wildman–Crippen LogP) is 3.01. The van der Waals surface area contributed by atoms with Crippen LogP contribution in [-0.4, -0.2) is 43.2 Å². The van der Waals surface area contributed by atoms with Crippen molar-refractivity contribution in [3.63, 3.8) is 0 Å². The van der Waals surface area contributed by atoms with Gasteiger partial charge in [-0.05, 0) is 57.1 Å². The molecule has 0 spiro atoms. The Hall–Kier alpha value is -1.60. The van der Waals surface area contributed by atoms with E-state index in [0.717, 1.165) is 31.2 Å². The number of rotatable bonds is 5. The Labute approximate surface area is 142 Å². The van der Waals surface area contributed by atoms with Gasteiger partial charge in [-0.1, -0.05) is 17.7 Å². The smallest absolute Gasteiger partial charge is 0.407 e. The van der Waals surface area contributed by atoms with Crippen molar-refractivity contribution in [2.45, 2.75) is 56.0 Å². The summed E-state index contributed by atoms with van der Waals surface area (Å²) in [4.78, 5) is 13.0. The largest absolute Gasteiger partial charge is 0.465 e. The molecule has 1 N–H and O–H groups in total. The highest BCUT2D eigenvalue weighted by molar-refractivity contribution is 7.86. The summed E-state index contributed by atoms with van der Waals surface area (Å²) < 4.78 is 29.5. The lowest BCUT2D eigenvalue weighted by atomic mass is 9.89. The zero-order chi connectivity index (χ0) is 17.3. The molecule has 1 aromatic carbocycles. The van der Waals surface area contributed by atoms with Gasteiger partial charge in [0, 0.05) is 12.1 Å². The molecule has 2 aliphatic heterocycles. The maximum Gasteiger partial charge on any atom is 0.407 e. The molecule has 2 aliphatic rings. The van der Waals surface area contributed by atoms with Crippen molar-refractivity contribution in [3.8, 4) is 0 Å². The second kappa shape index (κ2) is 6.72. The fourth-order valence-electron chi connectivity index (χ4n) is 3.94. The Morgan fingerprint density at radius 2 is 1.79 bits per heavy atom. The molecule has 3 rings (SSSR count). The van der Waals surface area contributed by atoms with E-state index < -0.39 is 16.2 Å². The van der Waals surface area contributed by atoms with Crippen molar-refractivity contribution in [3.05, 3.63) is 29.8 Å². The molecule has 2 saturated heterocycles. The fourth-order valence-corrected chi connectivity index (χ4v) is 4.86. The number of nitrogens with zero attached hydrogens (tertiary/aromatic N) is 1. The average Bonchev–Trinajstić information content (AvgIpc) is 2.79. The molecule has 2 atom stereocenters. The molecule has 7 heteroatoms. The zero-order valence-electron chi connectivity index (χ0n) is 13.7. The van der Waals surface area contributed by atoms with Crippen molar-refractivity contribution in [2.75, 3.05) is 6.61 Å². The van der Waals surface area contributed by atoms with Crippen molar-refractivity contribution in [1.29, 1.82) is 0 Å². The standard InChI is InChI=1S/C17H23NO5S/c1-12-2-6-16(7-3-12)24(21,22)23-9-8-13-10-14-4-5-15(11-13)18(14)17(19)20/h2-3,6-7,13-15H,4-5,8-11H2,1H3,(H,19,20). The third-order valence-corrected chi connectivity index (χ3v) is 6.45. The molecule has 0 aromatic heterocycles. The maximum absolute atomic E-state index is 12.2. The quantitative estimate of drug-likeness (QED) is 0.823. The van der Waals surface area contributed by atoms with Gasteiger partial charge in [0.2, 0.25) is 0 Å². The first-order chi connectivity index (χ1) is 11.4. The molecule has 0 aliphatic carbocycles. The molecule has 0 saturated carbocycles. The summed E-state index contributed by atoms with van der Waals surface area (Å²) in [6.07, 6.45) is 3.24. The molecule has 132 valence electrons. The van der Waals surface area contributed by atoms with Gasteiger partial charge in [0.25, 0.3) is 10.1 Å². The van der Waals surface area contributed by atoms with Gasteiger partial charge in [0.15, 0.2) is 0 Å². The van der Waals surface area contributed by atoms with Crippen LogP contribution in [0.1, 0.15) is 37.7 Å². The van der Waals surface area contributed by atoms with Crippen molar-refractivity contribution >= 4 is 16.2 Å². The summed E-state index contributed by atoms with van der Waals surface area (Å²) in [6.45, 7) is 2.04. The lowest BCUT2D eigenvalue weighted by Crippen LogP contribution is -2.46. The molecule has 1 aromatic rings. The zero-order valence-corrected chi connectivity index (χ0v) is 14.5. The Morgan fingerprint density at radius 3 is 2.33 bits per heavy atom. The molecule has 2 bridgehead atoms. The topological polar surface area (TPSA) is 83.9 Å². The predicted molar refractivity (Wildman–Crippen MR) is 88.3 cm³/mol. The molecule has 2 heterocycles. The van der Waals surface area contributed by atoms with Crippen LogP contribution in [0.3, 0.4) is 0 Å². The molecule has 2 unspecified atom stereocenters. The van der Waals surface area contributed by atoms with E-state index in [2.05, 4.69) is 0 Å². The first kappa shape index (κ1) is 17.2. The summed E-state index contributed by atoms with van der Waals surface area (Å²) in [6, 6.07) is 6.76. The van der Waals surface area contributed by atoms with Gasteiger partial charge < -0.3 is 10.0 Å². The summed E-state index contributed by atoms with van der Waals surface area (Å²) >= 11 is 0. The van der Waals surface area contributed by atoms with Gasteiger partial charge >= 0.3 is 6.09 Å². The minimum absolute atomic E-state index is 0.0833. The van der Waals surface area contributed by atoms with Crippen LogP contribution in [0.2, 0.25) is 0 Å². The van der Waals surface area contributed by atoms with Gasteiger partial charge in [-0.25, -0.2) is 4.79 Å². The average molecular weight is 353 g/mol. The van der Waals surface area contributed by atoms with Crippen LogP contribution >= 0.6 is 0 Å². The van der Waals surface area contributed by atoms with Crippen LogP contribution < -0.4 is 0 Å². The second-order valence-corrected chi connectivity index (χ2v) is 8.41. The highest BCUT2D eigenvalue weighted by Crippen LogP contribution is 2.39. The SMILES string of the molecule is Cc1ccc(S(=O)(=O)OCCC2CC3CCC(C2)N3C(=O)O)cc1. The minimum Gasteiger partial charge on any atom is -0.465 e. The highest BCUT2D eigenvalue weighted by atomic mass is 32.2. The normalized spacial score (nSPS) is 26.5. The Balaban J connectivity index is 1.52. The van der Waals surface area contributed by atoms with Gasteiger partial charge in [-0.15, -0.1) is 0 Å². The van der Waals surface area contributed by atoms with E-state index in [0.29, 0.717) is 12.3 Å². The number of hydrogen-bond acceptors (Lipinski definition) is 4. The van der Waals surface area contributed by atoms with Crippen LogP contribution in [0, 0.1) is 12.8 Å². The lowest BCUT2D eigenvalue weighted by Gasteiger charge is -2.37. The molecule has 6 nitrogen and oxygen atoms in total. The minimum atomic E-state index is -3.72. The number of hydrogen-bond donors (Lipinski definition) is 1. The van der Waals surface area contributed by atoms with Gasteiger partial charge in [-0.2, -0.15) is 8.42 Å². The van der Waals surface area contributed by atoms with E-state index in [-0.39, 0.29) is 23.6 Å².